The highest BCUT2D eigenvalue weighted by Crippen LogP contribution is 2.04. The molecule has 0 unspecified atom stereocenters. The standard InChI is InChI=1S/C14H18N2O3/c1-12(19-11-14(17)9-16-15)7-8-18-10-13-5-3-2-4-6-13/h2-6,9,12H,7-8,10-11H2,1H3/p+1/b14-9-/t12-/m1/s1. The van der Waals surface area contributed by atoms with Crippen LogP contribution in [-0.4, -0.2) is 24.4 Å². The van der Waals surface area contributed by atoms with Gasteiger partial charge in [0, 0.05) is 6.61 Å². The first-order chi connectivity index (χ1) is 9.22. The Hall–Kier alpha value is -1.90. The zero-order valence-electron chi connectivity index (χ0n) is 11.0. The molecule has 0 heterocycles. The van der Waals surface area contributed by atoms with Gasteiger partial charge < -0.3 is 14.6 Å². The molecule has 0 radical (unpaired) electrons. The summed E-state index contributed by atoms with van der Waals surface area (Å²) in [5.41, 5.74) is 1.14. The van der Waals surface area contributed by atoms with E-state index in [2.05, 4.69) is 4.98 Å². The zero-order valence-corrected chi connectivity index (χ0v) is 11.0. The van der Waals surface area contributed by atoms with Crippen molar-refractivity contribution in [3.63, 3.8) is 0 Å². The summed E-state index contributed by atoms with van der Waals surface area (Å²) in [6, 6.07) is 9.96. The van der Waals surface area contributed by atoms with Crippen molar-refractivity contribution in [2.45, 2.75) is 26.1 Å². The lowest BCUT2D eigenvalue weighted by molar-refractivity contribution is 0.0281. The number of diazo groups is 1. The molecule has 19 heavy (non-hydrogen) atoms. The zero-order chi connectivity index (χ0) is 13.9. The topological polar surface area (TPSA) is 66.8 Å². The fraction of sp³-hybridized carbons (Fsp3) is 0.429. The van der Waals surface area contributed by atoms with E-state index in [0.717, 1.165) is 18.2 Å². The summed E-state index contributed by atoms with van der Waals surface area (Å²) in [6.07, 6.45) is 1.64. The summed E-state index contributed by atoms with van der Waals surface area (Å²) in [5.74, 6) is -0.112. The number of ether oxygens (including phenoxy) is 2. The molecule has 1 atom stereocenters. The number of aliphatic hydroxyl groups excluding tert-OH is 1. The average molecular weight is 263 g/mol. The van der Waals surface area contributed by atoms with Gasteiger partial charge in [0.15, 0.2) is 4.98 Å². The first kappa shape index (κ1) is 15.2. The molecule has 0 fully saturated rings. The predicted octanol–water partition coefficient (Wildman–Crippen LogP) is 3.25. The Morgan fingerprint density at radius 3 is 2.84 bits per heavy atom. The second-order valence-corrected chi connectivity index (χ2v) is 4.18. The van der Waals surface area contributed by atoms with Crippen molar-refractivity contribution in [1.82, 2.24) is 0 Å². The lowest BCUT2D eigenvalue weighted by Gasteiger charge is -2.12. The molecular weight excluding hydrogens is 244 g/mol. The normalized spacial score (nSPS) is 12.9. The lowest BCUT2D eigenvalue weighted by atomic mass is 10.2. The smallest absolute Gasteiger partial charge is 0.389 e. The second kappa shape index (κ2) is 9.09. The van der Waals surface area contributed by atoms with Crippen LogP contribution in [0.25, 0.3) is 4.98 Å². The minimum Gasteiger partial charge on any atom is -0.504 e. The molecule has 5 heteroatoms. The van der Waals surface area contributed by atoms with E-state index in [4.69, 9.17) is 20.0 Å². The number of aliphatic hydroxyl groups is 1. The third-order valence-electron chi connectivity index (χ3n) is 2.50. The Labute approximate surface area is 113 Å². The van der Waals surface area contributed by atoms with Gasteiger partial charge in [-0.3, -0.25) is 0 Å². The van der Waals surface area contributed by atoms with Crippen molar-refractivity contribution in [2.75, 3.05) is 13.2 Å². The summed E-state index contributed by atoms with van der Waals surface area (Å²) in [7, 11) is 0. The van der Waals surface area contributed by atoms with Crippen LogP contribution in [0.3, 0.4) is 0 Å². The first-order valence-electron chi connectivity index (χ1n) is 6.18. The number of nitrogens with zero attached hydrogens (tertiary/aromatic N) is 2. The summed E-state index contributed by atoms with van der Waals surface area (Å²) < 4.78 is 10.9. The number of hydrogen-bond donors (Lipinski definition) is 1. The van der Waals surface area contributed by atoms with Gasteiger partial charge >= 0.3 is 6.20 Å². The summed E-state index contributed by atoms with van der Waals surface area (Å²) in [6.45, 7) is 3.10. The molecule has 0 aliphatic rings. The summed E-state index contributed by atoms with van der Waals surface area (Å²) in [4.78, 5) is 2.71. The Morgan fingerprint density at radius 1 is 1.42 bits per heavy atom. The molecular formula is C14H19N2O3+. The van der Waals surface area contributed by atoms with Crippen LogP contribution >= 0.6 is 0 Å². The van der Waals surface area contributed by atoms with Gasteiger partial charge in [0.1, 0.15) is 6.61 Å². The summed E-state index contributed by atoms with van der Waals surface area (Å²) >= 11 is 0. The highest BCUT2D eigenvalue weighted by Gasteiger charge is 2.06. The van der Waals surface area contributed by atoms with Crippen molar-refractivity contribution >= 4 is 0 Å². The molecule has 1 aromatic carbocycles. The largest absolute Gasteiger partial charge is 0.504 e. The minimum atomic E-state index is -0.112. The molecule has 0 bridgehead atoms. The molecule has 0 aliphatic heterocycles. The average Bonchev–Trinajstić information content (AvgIpc) is 2.43. The monoisotopic (exact) mass is 263 g/mol. The van der Waals surface area contributed by atoms with E-state index >= 15 is 0 Å². The lowest BCUT2D eigenvalue weighted by Crippen LogP contribution is -2.13. The van der Waals surface area contributed by atoms with Gasteiger partial charge in [0.2, 0.25) is 11.2 Å². The van der Waals surface area contributed by atoms with Crippen LogP contribution in [-0.2, 0) is 16.1 Å². The fourth-order valence-electron chi connectivity index (χ4n) is 1.43. The van der Waals surface area contributed by atoms with E-state index in [9.17, 15) is 0 Å². The maximum absolute atomic E-state index is 9.17. The van der Waals surface area contributed by atoms with Gasteiger partial charge in [-0.15, -0.1) is 0 Å². The SMILES string of the molecule is C[C@H](CCOCc1ccccc1)OC/C(O)=C/[N+]#N. The molecule has 0 saturated heterocycles. The van der Waals surface area contributed by atoms with Gasteiger partial charge in [0.25, 0.3) is 0 Å². The molecule has 102 valence electrons. The van der Waals surface area contributed by atoms with Crippen molar-refractivity contribution in [2.24, 2.45) is 0 Å². The number of rotatable bonds is 8. The third kappa shape index (κ3) is 7.19. The van der Waals surface area contributed by atoms with Gasteiger partial charge in [-0.05, 0) is 18.9 Å². The summed E-state index contributed by atoms with van der Waals surface area (Å²) in [5, 5.41) is 17.4. The number of benzene rings is 1. The third-order valence-corrected chi connectivity index (χ3v) is 2.50. The van der Waals surface area contributed by atoms with Crippen LogP contribution in [0, 0.1) is 5.39 Å². The highest BCUT2D eigenvalue weighted by molar-refractivity contribution is 5.13. The van der Waals surface area contributed by atoms with E-state index in [1.54, 1.807) is 0 Å². The maximum Gasteiger partial charge on any atom is 0.389 e. The number of hydrogen-bond acceptors (Lipinski definition) is 4. The van der Waals surface area contributed by atoms with Crippen LogP contribution < -0.4 is 0 Å². The van der Waals surface area contributed by atoms with Gasteiger partial charge in [-0.2, -0.15) is 0 Å². The van der Waals surface area contributed by atoms with Crippen molar-refractivity contribution in [1.29, 1.82) is 5.39 Å². The highest BCUT2D eigenvalue weighted by atomic mass is 16.5. The molecule has 1 N–H and O–H groups in total. The van der Waals surface area contributed by atoms with Gasteiger partial charge in [-0.25, -0.2) is 0 Å². The van der Waals surface area contributed by atoms with Crippen molar-refractivity contribution in [3.8, 4) is 0 Å². The predicted molar refractivity (Wildman–Crippen MR) is 71.9 cm³/mol. The van der Waals surface area contributed by atoms with E-state index < -0.39 is 0 Å². The molecule has 0 aliphatic carbocycles. The van der Waals surface area contributed by atoms with E-state index in [0.29, 0.717) is 13.2 Å². The van der Waals surface area contributed by atoms with Crippen LogP contribution in [0.4, 0.5) is 0 Å². The molecule has 0 amide bonds. The first-order valence-corrected chi connectivity index (χ1v) is 6.18. The van der Waals surface area contributed by atoms with Crippen molar-refractivity contribution in [3.05, 3.63) is 52.8 Å². The van der Waals surface area contributed by atoms with Gasteiger partial charge in [-0.1, -0.05) is 30.3 Å². The van der Waals surface area contributed by atoms with E-state index in [1.165, 1.54) is 0 Å². The maximum atomic E-state index is 9.17. The quantitative estimate of drug-likeness (QED) is 0.444. The van der Waals surface area contributed by atoms with Crippen LogP contribution in [0.15, 0.2) is 42.3 Å². The van der Waals surface area contributed by atoms with Crippen LogP contribution in [0.2, 0.25) is 0 Å². The second-order valence-electron chi connectivity index (χ2n) is 4.18. The molecule has 5 nitrogen and oxygen atoms in total. The Morgan fingerprint density at radius 2 is 2.16 bits per heavy atom. The van der Waals surface area contributed by atoms with Gasteiger partial charge in [0.05, 0.1) is 12.7 Å². The molecule has 0 saturated carbocycles. The molecule has 1 rings (SSSR count). The van der Waals surface area contributed by atoms with E-state index in [-0.39, 0.29) is 18.5 Å². The molecule has 0 spiro atoms. The van der Waals surface area contributed by atoms with Crippen LogP contribution in [0.5, 0.6) is 0 Å². The molecule has 0 aromatic heterocycles. The Balaban J connectivity index is 2.09. The minimum absolute atomic E-state index is 0.0317. The molecule has 1 aromatic rings. The van der Waals surface area contributed by atoms with Crippen molar-refractivity contribution < 1.29 is 14.6 Å². The van der Waals surface area contributed by atoms with Crippen LogP contribution in [0.1, 0.15) is 18.9 Å². The fourth-order valence-corrected chi connectivity index (χ4v) is 1.43. The Kier molecular flexibility index (Phi) is 7.25. The Bertz CT molecular complexity index is 426. The van der Waals surface area contributed by atoms with E-state index in [1.807, 2.05) is 37.3 Å².